The van der Waals surface area contributed by atoms with Crippen molar-refractivity contribution in [1.29, 1.82) is 0 Å². The van der Waals surface area contributed by atoms with Crippen molar-refractivity contribution in [2.45, 2.75) is 6.92 Å². The van der Waals surface area contributed by atoms with Gasteiger partial charge in [0.2, 0.25) is 0 Å². The first-order chi connectivity index (χ1) is 13.2. The maximum atomic E-state index is 11.9. The highest BCUT2D eigenvalue weighted by molar-refractivity contribution is 5.85. The summed E-state index contributed by atoms with van der Waals surface area (Å²) < 4.78 is 10.8. The monoisotopic (exact) mass is 364 g/mol. The number of nitrogens with one attached hydrogen (secondary N) is 1. The normalized spacial score (nSPS) is 10.9. The first kappa shape index (κ1) is 18.3. The molecule has 0 saturated carbocycles. The third-order valence-corrected chi connectivity index (χ3v) is 3.78. The molecule has 3 rings (SSSR count). The third-order valence-electron chi connectivity index (χ3n) is 3.78. The van der Waals surface area contributed by atoms with Gasteiger partial charge in [-0.05, 0) is 53.6 Å². The molecule has 2 N–H and O–H groups in total. The summed E-state index contributed by atoms with van der Waals surface area (Å²) in [7, 11) is 0. The van der Waals surface area contributed by atoms with Crippen LogP contribution in [0.4, 0.5) is 0 Å². The topological polar surface area (TPSA) is 80.2 Å². The van der Waals surface area contributed by atoms with Crippen LogP contribution in [0, 0.1) is 0 Å². The van der Waals surface area contributed by atoms with Crippen LogP contribution >= 0.6 is 0 Å². The molecule has 138 valence electrons. The van der Waals surface area contributed by atoms with E-state index in [1.54, 1.807) is 12.1 Å². The number of hydrogen-bond donors (Lipinski definition) is 2. The molecule has 1 amide bonds. The van der Waals surface area contributed by atoms with E-state index in [0.29, 0.717) is 23.7 Å². The van der Waals surface area contributed by atoms with E-state index >= 15 is 0 Å². The first-order valence-corrected chi connectivity index (χ1v) is 8.55. The van der Waals surface area contributed by atoms with Crippen molar-refractivity contribution in [1.82, 2.24) is 5.43 Å². The summed E-state index contributed by atoms with van der Waals surface area (Å²) in [6.45, 7) is 2.13. The Hall–Kier alpha value is -3.54. The van der Waals surface area contributed by atoms with E-state index in [1.807, 2.05) is 49.4 Å². The van der Waals surface area contributed by atoms with Crippen molar-refractivity contribution < 1.29 is 19.4 Å². The van der Waals surface area contributed by atoms with Crippen molar-refractivity contribution >= 4 is 22.9 Å². The molecule has 0 aromatic heterocycles. The Morgan fingerprint density at radius 3 is 2.70 bits per heavy atom. The Morgan fingerprint density at radius 1 is 1.07 bits per heavy atom. The average molecular weight is 364 g/mol. The molecule has 0 aliphatic heterocycles. The lowest BCUT2D eigenvalue weighted by atomic mass is 10.1. The fraction of sp³-hybridized carbons (Fsp3) is 0.143. The van der Waals surface area contributed by atoms with Crippen LogP contribution < -0.4 is 14.9 Å². The van der Waals surface area contributed by atoms with Gasteiger partial charge in [0.05, 0.1) is 12.8 Å². The minimum absolute atomic E-state index is 0.0572. The lowest BCUT2D eigenvalue weighted by Crippen LogP contribution is -2.24. The van der Waals surface area contributed by atoms with Crippen molar-refractivity contribution in [3.8, 4) is 17.2 Å². The van der Waals surface area contributed by atoms with Gasteiger partial charge in [0, 0.05) is 0 Å². The van der Waals surface area contributed by atoms with Crippen molar-refractivity contribution in [2.24, 2.45) is 5.10 Å². The average Bonchev–Trinajstić information content (AvgIpc) is 2.69. The van der Waals surface area contributed by atoms with E-state index in [9.17, 15) is 9.90 Å². The zero-order chi connectivity index (χ0) is 19.1. The minimum Gasteiger partial charge on any atom is -0.504 e. The van der Waals surface area contributed by atoms with E-state index in [4.69, 9.17) is 9.47 Å². The number of rotatable bonds is 7. The number of benzene rings is 3. The fourth-order valence-corrected chi connectivity index (χ4v) is 2.50. The molecule has 0 fully saturated rings. The molecule has 0 spiro atoms. The van der Waals surface area contributed by atoms with Crippen LogP contribution in [0.3, 0.4) is 0 Å². The highest BCUT2D eigenvalue weighted by Crippen LogP contribution is 2.26. The first-order valence-electron chi connectivity index (χ1n) is 8.55. The van der Waals surface area contributed by atoms with Crippen LogP contribution in [0.2, 0.25) is 0 Å². The molecule has 0 bridgehead atoms. The lowest BCUT2D eigenvalue weighted by molar-refractivity contribution is -0.123. The predicted octanol–water partition coefficient (Wildman–Crippen LogP) is 3.47. The van der Waals surface area contributed by atoms with Gasteiger partial charge >= 0.3 is 0 Å². The molecule has 0 heterocycles. The van der Waals surface area contributed by atoms with Crippen LogP contribution in [0.25, 0.3) is 10.8 Å². The minimum atomic E-state index is -0.372. The van der Waals surface area contributed by atoms with Crippen molar-refractivity contribution in [3.05, 3.63) is 66.2 Å². The van der Waals surface area contributed by atoms with Crippen LogP contribution in [-0.4, -0.2) is 30.4 Å². The molecule has 6 nitrogen and oxygen atoms in total. The second-order valence-corrected chi connectivity index (χ2v) is 5.75. The zero-order valence-corrected chi connectivity index (χ0v) is 14.9. The quantitative estimate of drug-likeness (QED) is 0.497. The van der Waals surface area contributed by atoms with Gasteiger partial charge in [0.1, 0.15) is 5.75 Å². The summed E-state index contributed by atoms with van der Waals surface area (Å²) in [6, 6.07) is 18.4. The molecular formula is C21H20N2O4. The second kappa shape index (κ2) is 8.71. The maximum absolute atomic E-state index is 11.9. The highest BCUT2D eigenvalue weighted by atomic mass is 16.5. The van der Waals surface area contributed by atoms with E-state index in [1.165, 1.54) is 12.3 Å². The Labute approximate surface area is 157 Å². The smallest absolute Gasteiger partial charge is 0.277 e. The summed E-state index contributed by atoms with van der Waals surface area (Å²) in [5.74, 6) is 0.671. The van der Waals surface area contributed by atoms with E-state index in [2.05, 4.69) is 10.5 Å². The number of phenols is 1. The molecule has 3 aromatic carbocycles. The Kier molecular flexibility index (Phi) is 5.89. The Bertz CT molecular complexity index is 969. The van der Waals surface area contributed by atoms with E-state index in [0.717, 1.165) is 10.8 Å². The number of hydrogen-bond acceptors (Lipinski definition) is 5. The number of carbonyl (C=O) groups is 1. The molecule has 0 radical (unpaired) electrons. The van der Waals surface area contributed by atoms with Crippen molar-refractivity contribution in [2.75, 3.05) is 13.2 Å². The molecule has 0 atom stereocenters. The van der Waals surface area contributed by atoms with Gasteiger partial charge in [-0.2, -0.15) is 5.10 Å². The molecule has 0 unspecified atom stereocenters. The third kappa shape index (κ3) is 4.98. The molecule has 27 heavy (non-hydrogen) atoms. The molecular weight excluding hydrogens is 344 g/mol. The number of fused-ring (bicyclic) bond motifs is 1. The van der Waals surface area contributed by atoms with Crippen LogP contribution in [0.15, 0.2) is 65.8 Å². The summed E-state index contributed by atoms with van der Waals surface area (Å²) in [5, 5.41) is 15.7. The number of aromatic hydroxyl groups is 1. The van der Waals surface area contributed by atoms with Crippen molar-refractivity contribution in [3.63, 3.8) is 0 Å². The largest absolute Gasteiger partial charge is 0.504 e. The number of ether oxygens (including phenoxy) is 2. The lowest BCUT2D eigenvalue weighted by Gasteiger charge is -2.07. The summed E-state index contributed by atoms with van der Waals surface area (Å²) in [6.07, 6.45) is 1.47. The van der Waals surface area contributed by atoms with Gasteiger partial charge in [-0.25, -0.2) is 5.43 Å². The number of amides is 1. The Morgan fingerprint density at radius 2 is 1.89 bits per heavy atom. The van der Waals surface area contributed by atoms with Gasteiger partial charge in [-0.1, -0.05) is 30.3 Å². The van der Waals surface area contributed by atoms with Gasteiger partial charge < -0.3 is 14.6 Å². The predicted molar refractivity (Wildman–Crippen MR) is 104 cm³/mol. The molecule has 6 heteroatoms. The fourth-order valence-electron chi connectivity index (χ4n) is 2.50. The summed E-state index contributed by atoms with van der Waals surface area (Å²) in [5.41, 5.74) is 3.09. The SMILES string of the molecule is CCOc1cc(/C=N\NC(=O)COc2ccc3ccccc3c2)ccc1O. The number of nitrogens with zero attached hydrogens (tertiary/aromatic N) is 1. The summed E-state index contributed by atoms with van der Waals surface area (Å²) in [4.78, 5) is 11.9. The van der Waals surface area contributed by atoms with Gasteiger partial charge in [0.25, 0.3) is 5.91 Å². The van der Waals surface area contributed by atoms with Crippen LogP contribution in [0.1, 0.15) is 12.5 Å². The van der Waals surface area contributed by atoms with E-state index in [-0.39, 0.29) is 18.3 Å². The Balaban J connectivity index is 1.53. The van der Waals surface area contributed by atoms with Gasteiger partial charge in [-0.15, -0.1) is 0 Å². The van der Waals surface area contributed by atoms with Crippen LogP contribution in [0.5, 0.6) is 17.2 Å². The highest BCUT2D eigenvalue weighted by Gasteiger charge is 2.04. The standard InChI is InChI=1S/C21H20N2O4/c1-2-26-20-11-15(7-10-19(20)24)13-22-23-21(25)14-27-18-9-8-16-5-3-4-6-17(16)12-18/h3-13,24H,2,14H2,1H3,(H,23,25)/b22-13-. The molecule has 0 saturated heterocycles. The van der Waals surface area contributed by atoms with Gasteiger partial charge in [0.15, 0.2) is 18.1 Å². The maximum Gasteiger partial charge on any atom is 0.277 e. The zero-order valence-electron chi connectivity index (χ0n) is 14.9. The molecule has 3 aromatic rings. The van der Waals surface area contributed by atoms with Crippen LogP contribution in [-0.2, 0) is 4.79 Å². The number of phenolic OH excluding ortho intramolecular Hbond substituents is 1. The number of hydrazone groups is 1. The summed E-state index contributed by atoms with van der Waals surface area (Å²) >= 11 is 0. The van der Waals surface area contributed by atoms with Gasteiger partial charge in [-0.3, -0.25) is 4.79 Å². The molecule has 0 aliphatic rings. The second-order valence-electron chi connectivity index (χ2n) is 5.75. The van der Waals surface area contributed by atoms with E-state index < -0.39 is 0 Å². The number of carbonyl (C=O) groups excluding carboxylic acids is 1. The molecule has 0 aliphatic carbocycles.